The second kappa shape index (κ2) is 4.03. The van der Waals surface area contributed by atoms with Crippen LogP contribution in [0.5, 0.6) is 0 Å². The third kappa shape index (κ3) is 2.02. The molecule has 15 heavy (non-hydrogen) atoms. The van der Waals surface area contributed by atoms with E-state index in [4.69, 9.17) is 0 Å². The van der Waals surface area contributed by atoms with E-state index < -0.39 is 0 Å². The molecule has 3 heteroatoms. The number of hydrogen-bond donors (Lipinski definition) is 1. The predicted molar refractivity (Wildman–Crippen MR) is 66.0 cm³/mol. The Morgan fingerprint density at radius 1 is 1.13 bits per heavy atom. The molecule has 0 fully saturated rings. The predicted octanol–water partition coefficient (Wildman–Crippen LogP) is 3.56. The van der Waals surface area contributed by atoms with Gasteiger partial charge in [-0.25, -0.2) is 0 Å². The summed E-state index contributed by atoms with van der Waals surface area (Å²) in [5.74, 6) is -0.0533. The highest BCUT2D eigenvalue weighted by atomic mass is 79.9. The summed E-state index contributed by atoms with van der Waals surface area (Å²) in [6, 6.07) is 11.8. The molecule has 0 aliphatic carbocycles. The smallest absolute Gasteiger partial charge is 0.221 e. The van der Waals surface area contributed by atoms with Crippen LogP contribution < -0.4 is 5.32 Å². The molecule has 76 valence electrons. The lowest BCUT2D eigenvalue weighted by molar-refractivity contribution is -0.114. The number of hydrogen-bond acceptors (Lipinski definition) is 1. The molecule has 0 spiro atoms. The third-order valence-electron chi connectivity index (χ3n) is 2.18. The molecule has 0 bridgehead atoms. The van der Waals surface area contributed by atoms with Crippen LogP contribution in [0.25, 0.3) is 10.8 Å². The van der Waals surface area contributed by atoms with Crippen molar-refractivity contribution in [3.05, 3.63) is 40.9 Å². The van der Waals surface area contributed by atoms with Crippen molar-refractivity contribution in [2.45, 2.75) is 6.92 Å². The van der Waals surface area contributed by atoms with Crippen molar-refractivity contribution in [3.63, 3.8) is 0 Å². The largest absolute Gasteiger partial charge is 0.326 e. The Labute approximate surface area is 96.4 Å². The van der Waals surface area contributed by atoms with Crippen LogP contribution in [-0.2, 0) is 4.79 Å². The van der Waals surface area contributed by atoms with Gasteiger partial charge in [0.1, 0.15) is 0 Å². The zero-order valence-corrected chi connectivity index (χ0v) is 9.84. The molecule has 1 N–H and O–H groups in total. The molecule has 0 radical (unpaired) electrons. The summed E-state index contributed by atoms with van der Waals surface area (Å²) in [6.45, 7) is 1.51. The summed E-state index contributed by atoms with van der Waals surface area (Å²) < 4.78 is 1.03. The lowest BCUT2D eigenvalue weighted by Gasteiger charge is -2.07. The van der Waals surface area contributed by atoms with Gasteiger partial charge in [0.25, 0.3) is 0 Å². The van der Waals surface area contributed by atoms with Gasteiger partial charge in [0.15, 0.2) is 0 Å². The minimum absolute atomic E-state index is 0.0533. The minimum atomic E-state index is -0.0533. The summed E-state index contributed by atoms with van der Waals surface area (Å²) in [5, 5.41) is 4.96. The van der Waals surface area contributed by atoms with Gasteiger partial charge in [-0.05, 0) is 17.5 Å². The van der Waals surface area contributed by atoms with Gasteiger partial charge in [0.05, 0.1) is 0 Å². The van der Waals surface area contributed by atoms with Gasteiger partial charge in [0.2, 0.25) is 5.91 Å². The van der Waals surface area contributed by atoms with E-state index in [1.54, 1.807) is 0 Å². The van der Waals surface area contributed by atoms with E-state index in [-0.39, 0.29) is 5.91 Å². The molecule has 0 aliphatic heterocycles. The number of anilines is 1. The molecule has 2 nitrogen and oxygen atoms in total. The number of rotatable bonds is 1. The average molecular weight is 264 g/mol. The molecule has 0 unspecified atom stereocenters. The number of carbonyl (C=O) groups excluding carboxylic acids is 1. The SMILES string of the molecule is CC(=O)Nc1cccc2c(Br)cccc12. The van der Waals surface area contributed by atoms with Crippen molar-refractivity contribution < 1.29 is 4.79 Å². The topological polar surface area (TPSA) is 29.1 Å². The fourth-order valence-corrected chi connectivity index (χ4v) is 2.07. The van der Waals surface area contributed by atoms with Crippen LogP contribution in [0.15, 0.2) is 40.9 Å². The highest BCUT2D eigenvalue weighted by Gasteiger charge is 2.03. The Morgan fingerprint density at radius 3 is 2.53 bits per heavy atom. The number of amides is 1. The highest BCUT2D eigenvalue weighted by molar-refractivity contribution is 9.10. The van der Waals surface area contributed by atoms with Crippen molar-refractivity contribution in [2.24, 2.45) is 0 Å². The van der Waals surface area contributed by atoms with E-state index >= 15 is 0 Å². The second-order valence-corrected chi connectivity index (χ2v) is 4.18. The number of fused-ring (bicyclic) bond motifs is 1. The fourth-order valence-electron chi connectivity index (χ4n) is 1.57. The first-order valence-corrected chi connectivity index (χ1v) is 5.42. The van der Waals surface area contributed by atoms with Crippen molar-refractivity contribution >= 4 is 38.3 Å². The molecule has 2 aromatic rings. The number of benzene rings is 2. The minimum Gasteiger partial charge on any atom is -0.326 e. The Morgan fingerprint density at radius 2 is 1.80 bits per heavy atom. The molecule has 0 aliphatic rings. The summed E-state index contributed by atoms with van der Waals surface area (Å²) in [7, 11) is 0. The van der Waals surface area contributed by atoms with Gasteiger partial charge in [0, 0.05) is 22.5 Å². The van der Waals surface area contributed by atoms with Gasteiger partial charge in [-0.15, -0.1) is 0 Å². The van der Waals surface area contributed by atoms with Crippen molar-refractivity contribution in [2.75, 3.05) is 5.32 Å². The van der Waals surface area contributed by atoms with Crippen molar-refractivity contribution in [1.82, 2.24) is 0 Å². The molecular formula is C12H10BrNO. The number of halogens is 1. The van der Waals surface area contributed by atoms with E-state index in [0.717, 1.165) is 20.9 Å². The molecule has 0 aromatic heterocycles. The molecule has 1 amide bonds. The van der Waals surface area contributed by atoms with Crippen molar-refractivity contribution in [3.8, 4) is 0 Å². The maximum atomic E-state index is 11.0. The van der Waals surface area contributed by atoms with E-state index in [9.17, 15) is 4.79 Å². The van der Waals surface area contributed by atoms with E-state index in [2.05, 4.69) is 21.2 Å². The summed E-state index contributed by atoms with van der Waals surface area (Å²) in [5.41, 5.74) is 0.848. The van der Waals surface area contributed by atoms with Gasteiger partial charge < -0.3 is 5.32 Å². The third-order valence-corrected chi connectivity index (χ3v) is 2.87. The number of carbonyl (C=O) groups is 1. The first-order valence-electron chi connectivity index (χ1n) is 4.63. The monoisotopic (exact) mass is 263 g/mol. The zero-order valence-electron chi connectivity index (χ0n) is 8.25. The van der Waals surface area contributed by atoms with Gasteiger partial charge >= 0.3 is 0 Å². The molecule has 2 rings (SSSR count). The van der Waals surface area contributed by atoms with Crippen LogP contribution in [0.4, 0.5) is 5.69 Å². The van der Waals surface area contributed by atoms with Gasteiger partial charge in [-0.3, -0.25) is 4.79 Å². The molecule has 0 saturated carbocycles. The molecule has 2 aromatic carbocycles. The lowest BCUT2D eigenvalue weighted by Crippen LogP contribution is -2.05. The first-order chi connectivity index (χ1) is 7.18. The lowest BCUT2D eigenvalue weighted by atomic mass is 10.1. The zero-order chi connectivity index (χ0) is 10.8. The summed E-state index contributed by atoms with van der Waals surface area (Å²) in [6.07, 6.45) is 0. The Kier molecular flexibility index (Phi) is 2.73. The van der Waals surface area contributed by atoms with Crippen LogP contribution in [0, 0.1) is 0 Å². The number of nitrogens with one attached hydrogen (secondary N) is 1. The summed E-state index contributed by atoms with van der Waals surface area (Å²) >= 11 is 3.48. The first kappa shape index (κ1) is 10.2. The maximum Gasteiger partial charge on any atom is 0.221 e. The van der Waals surface area contributed by atoms with E-state index in [0.29, 0.717) is 0 Å². The standard InChI is InChI=1S/C12H10BrNO/c1-8(15)14-12-7-3-4-9-10(12)5-2-6-11(9)13/h2-7H,1H3,(H,14,15). The van der Waals surface area contributed by atoms with E-state index in [1.165, 1.54) is 6.92 Å². The van der Waals surface area contributed by atoms with Crippen LogP contribution in [0.1, 0.15) is 6.92 Å². The quantitative estimate of drug-likeness (QED) is 0.838. The fraction of sp³-hybridized carbons (Fsp3) is 0.0833. The van der Waals surface area contributed by atoms with Crippen LogP contribution in [-0.4, -0.2) is 5.91 Å². The summed E-state index contributed by atoms with van der Waals surface area (Å²) in [4.78, 5) is 11.0. The maximum absolute atomic E-state index is 11.0. The van der Waals surface area contributed by atoms with E-state index in [1.807, 2.05) is 36.4 Å². The second-order valence-electron chi connectivity index (χ2n) is 3.32. The van der Waals surface area contributed by atoms with Crippen molar-refractivity contribution in [1.29, 1.82) is 0 Å². The molecule has 0 saturated heterocycles. The highest BCUT2D eigenvalue weighted by Crippen LogP contribution is 2.28. The molecule has 0 heterocycles. The Hall–Kier alpha value is -1.35. The van der Waals surface area contributed by atoms with Crippen LogP contribution in [0.3, 0.4) is 0 Å². The normalized spacial score (nSPS) is 10.3. The van der Waals surface area contributed by atoms with Gasteiger partial charge in [-0.1, -0.05) is 40.2 Å². The molecular weight excluding hydrogens is 254 g/mol. The van der Waals surface area contributed by atoms with Gasteiger partial charge in [-0.2, -0.15) is 0 Å². The Balaban J connectivity index is 2.65. The molecule has 0 atom stereocenters. The van der Waals surface area contributed by atoms with Crippen LogP contribution in [0.2, 0.25) is 0 Å². The average Bonchev–Trinajstić information content (AvgIpc) is 2.19. The Bertz CT molecular complexity index is 522. The van der Waals surface area contributed by atoms with Crippen LogP contribution >= 0.6 is 15.9 Å².